The van der Waals surface area contributed by atoms with Crippen LogP contribution in [-0.4, -0.2) is 32.3 Å². The Balaban J connectivity index is 1.92. The van der Waals surface area contributed by atoms with Crippen LogP contribution in [0.4, 0.5) is 20.2 Å². The average molecular weight is 350 g/mol. The van der Waals surface area contributed by atoms with Crippen LogP contribution in [0.25, 0.3) is 0 Å². The molecule has 0 heterocycles. The lowest BCUT2D eigenvalue weighted by atomic mass is 10.2. The summed E-state index contributed by atoms with van der Waals surface area (Å²) in [5.41, 5.74) is 0.221. The van der Waals surface area contributed by atoms with Gasteiger partial charge < -0.3 is 20.1 Å². The van der Waals surface area contributed by atoms with E-state index in [1.807, 2.05) is 0 Å². The number of rotatable bonds is 8. The molecule has 25 heavy (non-hydrogen) atoms. The predicted molar refractivity (Wildman–Crippen MR) is 91.9 cm³/mol. The number of carbonyl (C=O) groups excluding carboxylic acids is 1. The van der Waals surface area contributed by atoms with Crippen molar-refractivity contribution in [1.29, 1.82) is 0 Å². The molecule has 134 valence electrons. The van der Waals surface area contributed by atoms with Crippen molar-refractivity contribution in [2.24, 2.45) is 0 Å². The molecule has 0 spiro atoms. The third-order valence-electron chi connectivity index (χ3n) is 3.40. The van der Waals surface area contributed by atoms with Gasteiger partial charge in [0.25, 0.3) is 0 Å². The van der Waals surface area contributed by atoms with Crippen molar-refractivity contribution < 1.29 is 23.0 Å². The summed E-state index contributed by atoms with van der Waals surface area (Å²) in [5, 5.41) is 5.21. The van der Waals surface area contributed by atoms with Crippen LogP contribution < -0.4 is 15.4 Å². The van der Waals surface area contributed by atoms with Gasteiger partial charge in [0.1, 0.15) is 35.7 Å². The van der Waals surface area contributed by atoms with Crippen molar-refractivity contribution >= 4 is 17.3 Å². The molecule has 0 aromatic heterocycles. The van der Waals surface area contributed by atoms with E-state index in [1.54, 1.807) is 38.3 Å². The van der Waals surface area contributed by atoms with E-state index < -0.39 is 29.3 Å². The van der Waals surface area contributed by atoms with Gasteiger partial charge in [0.15, 0.2) is 0 Å². The van der Waals surface area contributed by atoms with Gasteiger partial charge in [-0.2, -0.15) is 0 Å². The second kappa shape index (κ2) is 8.98. The molecule has 2 aromatic rings. The highest BCUT2D eigenvalue weighted by Crippen LogP contribution is 2.19. The van der Waals surface area contributed by atoms with E-state index in [9.17, 15) is 13.6 Å². The van der Waals surface area contributed by atoms with Crippen molar-refractivity contribution in [3.63, 3.8) is 0 Å². The number of benzene rings is 2. The Hall–Kier alpha value is -2.67. The molecule has 1 atom stereocenters. The van der Waals surface area contributed by atoms with E-state index in [4.69, 9.17) is 9.47 Å². The molecular weight excluding hydrogens is 330 g/mol. The Kier molecular flexibility index (Phi) is 6.71. The summed E-state index contributed by atoms with van der Waals surface area (Å²) in [7, 11) is 1.59. The summed E-state index contributed by atoms with van der Waals surface area (Å²) in [4.78, 5) is 12.1. The third kappa shape index (κ3) is 5.42. The van der Waals surface area contributed by atoms with Crippen molar-refractivity contribution in [3.05, 3.63) is 54.1 Å². The maximum absolute atomic E-state index is 13.6. The van der Waals surface area contributed by atoms with Crippen molar-refractivity contribution in [3.8, 4) is 5.75 Å². The Morgan fingerprint density at radius 1 is 1.08 bits per heavy atom. The first-order chi connectivity index (χ1) is 12.0. The van der Waals surface area contributed by atoms with Gasteiger partial charge in [-0.25, -0.2) is 8.78 Å². The van der Waals surface area contributed by atoms with E-state index >= 15 is 0 Å². The first-order valence-corrected chi connectivity index (χ1v) is 7.74. The topological polar surface area (TPSA) is 59.6 Å². The van der Waals surface area contributed by atoms with Crippen LogP contribution >= 0.6 is 0 Å². The Labute approximate surface area is 144 Å². The molecule has 7 heteroatoms. The zero-order valence-electron chi connectivity index (χ0n) is 14.0. The summed E-state index contributed by atoms with van der Waals surface area (Å²) in [6, 6.07) is 9.69. The van der Waals surface area contributed by atoms with Crippen molar-refractivity contribution in [2.75, 3.05) is 31.0 Å². The minimum Gasteiger partial charge on any atom is -0.491 e. The molecule has 0 fully saturated rings. The maximum Gasteiger partial charge on any atom is 0.246 e. The van der Waals surface area contributed by atoms with Crippen molar-refractivity contribution in [2.45, 2.75) is 13.0 Å². The molecule has 0 radical (unpaired) electrons. The number of ether oxygens (including phenoxy) is 2. The monoisotopic (exact) mass is 350 g/mol. The number of nitrogens with one attached hydrogen (secondary N) is 2. The third-order valence-corrected chi connectivity index (χ3v) is 3.40. The fraction of sp³-hybridized carbons (Fsp3) is 0.278. The summed E-state index contributed by atoms with van der Waals surface area (Å²) in [5.74, 6) is -1.52. The summed E-state index contributed by atoms with van der Waals surface area (Å²) >= 11 is 0. The molecular formula is C18H20F2N2O3. The highest BCUT2D eigenvalue weighted by molar-refractivity contribution is 5.96. The molecule has 0 saturated heterocycles. The van der Waals surface area contributed by atoms with Gasteiger partial charge >= 0.3 is 0 Å². The number of hydrogen-bond donors (Lipinski definition) is 2. The minimum atomic E-state index is -0.821. The van der Waals surface area contributed by atoms with Gasteiger partial charge in [-0.3, -0.25) is 4.79 Å². The van der Waals surface area contributed by atoms with Gasteiger partial charge in [-0.05, 0) is 43.3 Å². The van der Waals surface area contributed by atoms with E-state index in [0.29, 0.717) is 24.7 Å². The number of carbonyl (C=O) groups is 1. The SMILES string of the molecule is COCCOc1ccc(NC(C)C(=O)Nc2c(F)cccc2F)cc1. The van der Waals surface area contributed by atoms with Gasteiger partial charge in [0, 0.05) is 12.8 Å². The standard InChI is InChI=1S/C18H20F2N2O3/c1-12(18(23)22-17-15(19)4-3-5-16(17)20)21-13-6-8-14(9-7-13)25-11-10-24-2/h3-9,12,21H,10-11H2,1-2H3,(H,22,23). The van der Waals surface area contributed by atoms with Crippen LogP contribution in [0.15, 0.2) is 42.5 Å². The minimum absolute atomic E-state index is 0.441. The van der Waals surface area contributed by atoms with E-state index in [-0.39, 0.29) is 0 Å². The molecule has 0 bridgehead atoms. The van der Waals surface area contributed by atoms with Gasteiger partial charge in [0.2, 0.25) is 5.91 Å². The zero-order valence-corrected chi connectivity index (χ0v) is 14.0. The second-order valence-corrected chi connectivity index (χ2v) is 5.32. The maximum atomic E-state index is 13.6. The molecule has 0 aliphatic rings. The first-order valence-electron chi connectivity index (χ1n) is 7.74. The zero-order chi connectivity index (χ0) is 18.2. The summed E-state index contributed by atoms with van der Waals surface area (Å²) < 4.78 is 37.5. The molecule has 2 N–H and O–H groups in total. The van der Waals surface area contributed by atoms with Crippen LogP contribution in [0.1, 0.15) is 6.92 Å². The molecule has 0 aliphatic carbocycles. The van der Waals surface area contributed by atoms with E-state index in [2.05, 4.69) is 10.6 Å². The fourth-order valence-electron chi connectivity index (χ4n) is 2.05. The molecule has 5 nitrogen and oxygen atoms in total. The molecule has 2 rings (SSSR count). The van der Waals surface area contributed by atoms with Crippen LogP contribution in [0, 0.1) is 11.6 Å². The number of anilines is 2. The first kappa shape index (κ1) is 18.7. The average Bonchev–Trinajstić information content (AvgIpc) is 2.60. The lowest BCUT2D eigenvalue weighted by Crippen LogP contribution is -2.32. The van der Waals surface area contributed by atoms with E-state index in [0.717, 1.165) is 12.1 Å². The highest BCUT2D eigenvalue weighted by Gasteiger charge is 2.17. The number of methoxy groups -OCH3 is 1. The van der Waals surface area contributed by atoms with E-state index in [1.165, 1.54) is 6.07 Å². The summed E-state index contributed by atoms with van der Waals surface area (Å²) in [6.45, 7) is 2.52. The largest absolute Gasteiger partial charge is 0.491 e. The second-order valence-electron chi connectivity index (χ2n) is 5.32. The van der Waals surface area contributed by atoms with Gasteiger partial charge in [-0.1, -0.05) is 6.07 Å². The molecule has 2 aromatic carbocycles. The van der Waals surface area contributed by atoms with Crippen LogP contribution in [0.3, 0.4) is 0 Å². The van der Waals surface area contributed by atoms with Gasteiger partial charge in [-0.15, -0.1) is 0 Å². The number of hydrogen-bond acceptors (Lipinski definition) is 4. The van der Waals surface area contributed by atoms with Crippen molar-refractivity contribution in [1.82, 2.24) is 0 Å². The molecule has 1 amide bonds. The fourth-order valence-corrected chi connectivity index (χ4v) is 2.05. The smallest absolute Gasteiger partial charge is 0.246 e. The molecule has 1 unspecified atom stereocenters. The summed E-state index contributed by atoms with van der Waals surface area (Å²) in [6.07, 6.45) is 0. The number of amides is 1. The van der Waals surface area contributed by atoms with Crippen LogP contribution in [-0.2, 0) is 9.53 Å². The van der Waals surface area contributed by atoms with Crippen LogP contribution in [0.2, 0.25) is 0 Å². The number of para-hydroxylation sites is 1. The van der Waals surface area contributed by atoms with Crippen LogP contribution in [0.5, 0.6) is 5.75 Å². The lowest BCUT2D eigenvalue weighted by molar-refractivity contribution is -0.116. The quantitative estimate of drug-likeness (QED) is 0.716. The Bertz CT molecular complexity index is 688. The normalized spacial score (nSPS) is 11.7. The van der Waals surface area contributed by atoms with Gasteiger partial charge in [0.05, 0.1) is 6.61 Å². The highest BCUT2D eigenvalue weighted by atomic mass is 19.1. The Morgan fingerprint density at radius 3 is 2.32 bits per heavy atom. The molecule has 0 aliphatic heterocycles. The molecule has 0 saturated carbocycles. The number of halogens is 2. The lowest BCUT2D eigenvalue weighted by Gasteiger charge is -2.16. The predicted octanol–water partition coefficient (Wildman–Crippen LogP) is 3.43. The Morgan fingerprint density at radius 2 is 1.72 bits per heavy atom.